The number of aliphatic hydroxyl groups is 1. The number of piperidine rings is 1. The van der Waals surface area contributed by atoms with Gasteiger partial charge in [0.05, 0.1) is 11.7 Å². The van der Waals surface area contributed by atoms with Crippen LogP contribution in [0.15, 0.2) is 36.4 Å². The molecule has 2 aromatic rings. The van der Waals surface area contributed by atoms with Crippen molar-refractivity contribution < 1.29 is 32.3 Å². The quantitative estimate of drug-likeness (QED) is 0.689. The van der Waals surface area contributed by atoms with Crippen molar-refractivity contribution in [2.45, 2.75) is 56.7 Å². The lowest BCUT2D eigenvalue weighted by Gasteiger charge is -2.39. The highest BCUT2D eigenvalue weighted by Gasteiger charge is 2.53. The van der Waals surface area contributed by atoms with Gasteiger partial charge >= 0.3 is 5.92 Å². The van der Waals surface area contributed by atoms with E-state index in [2.05, 4.69) is 5.32 Å². The number of hydrogen-bond acceptors (Lipinski definition) is 3. The van der Waals surface area contributed by atoms with Crippen LogP contribution in [0.1, 0.15) is 47.2 Å². The lowest BCUT2D eigenvalue weighted by Crippen LogP contribution is -2.53. The van der Waals surface area contributed by atoms with E-state index in [1.165, 1.54) is 19.1 Å². The minimum Gasteiger partial charge on any atom is -0.393 e. The Morgan fingerprint density at radius 2 is 1.66 bits per heavy atom. The van der Waals surface area contributed by atoms with E-state index in [-0.39, 0.29) is 29.7 Å². The zero-order chi connectivity index (χ0) is 23.2. The Hall–Kier alpha value is -2.94. The van der Waals surface area contributed by atoms with Crippen LogP contribution in [0.5, 0.6) is 0 Å². The van der Waals surface area contributed by atoms with Crippen molar-refractivity contribution >= 4 is 17.5 Å². The van der Waals surface area contributed by atoms with Crippen molar-refractivity contribution in [1.29, 1.82) is 0 Å². The first-order valence-electron chi connectivity index (χ1n) is 10.3. The molecular formula is C23H22F4N2O3. The van der Waals surface area contributed by atoms with E-state index in [1.54, 1.807) is 0 Å². The Labute approximate surface area is 182 Å². The number of nitrogens with zero attached hydrogens (tertiary/aromatic N) is 1. The van der Waals surface area contributed by atoms with Crippen LogP contribution < -0.4 is 5.32 Å². The van der Waals surface area contributed by atoms with Gasteiger partial charge in [0.25, 0.3) is 11.8 Å². The molecule has 2 saturated heterocycles. The van der Waals surface area contributed by atoms with Crippen molar-refractivity contribution in [1.82, 2.24) is 4.90 Å². The minimum absolute atomic E-state index is 0.209. The third-order valence-electron chi connectivity index (χ3n) is 6.19. The van der Waals surface area contributed by atoms with Gasteiger partial charge in [0, 0.05) is 23.3 Å². The Kier molecular flexibility index (Phi) is 5.70. The standard InChI is InChI=1S/C23H22F4N2O3/c1-12-8-14(3-7-19(12)24)28-21(31)13-2-6-20(25)18(9-13)23(26,27)22(32)29-15-4-5-16(29)11-17(30)10-15/h2-3,6-9,15-17,30H,4-5,10-11H2,1H3,(H,28,31)/t15-,16+,17?. The largest absolute Gasteiger partial charge is 0.393 e. The second kappa shape index (κ2) is 8.20. The first-order chi connectivity index (χ1) is 15.1. The van der Waals surface area contributed by atoms with Crippen LogP contribution in [0.25, 0.3) is 0 Å². The minimum atomic E-state index is -4.18. The number of benzene rings is 2. The number of fused-ring (bicyclic) bond motifs is 2. The normalized spacial score (nSPS) is 22.7. The molecule has 0 aliphatic carbocycles. The number of carbonyl (C=O) groups is 2. The number of halogens is 4. The molecule has 2 aliphatic rings. The third-order valence-corrected chi connectivity index (χ3v) is 6.19. The van der Waals surface area contributed by atoms with E-state index in [0.29, 0.717) is 18.9 Å². The zero-order valence-electron chi connectivity index (χ0n) is 17.2. The van der Waals surface area contributed by atoms with Crippen LogP contribution in [0.3, 0.4) is 0 Å². The summed E-state index contributed by atoms with van der Waals surface area (Å²) < 4.78 is 58.1. The highest BCUT2D eigenvalue weighted by molar-refractivity contribution is 6.04. The average Bonchev–Trinajstić information content (AvgIpc) is 3.00. The summed E-state index contributed by atoms with van der Waals surface area (Å²) in [6, 6.07) is 5.22. The maximum Gasteiger partial charge on any atom is 0.352 e. The molecule has 2 aliphatic heterocycles. The molecule has 0 radical (unpaired) electrons. The average molecular weight is 450 g/mol. The van der Waals surface area contributed by atoms with E-state index < -0.39 is 53.1 Å². The Morgan fingerprint density at radius 3 is 2.28 bits per heavy atom. The molecule has 4 rings (SSSR count). The van der Waals surface area contributed by atoms with Gasteiger partial charge in [-0.05, 0) is 74.6 Å². The monoisotopic (exact) mass is 450 g/mol. The molecule has 2 bridgehead atoms. The molecule has 2 aromatic carbocycles. The predicted octanol–water partition coefficient (Wildman–Crippen LogP) is 4.13. The van der Waals surface area contributed by atoms with Crippen LogP contribution in [0.4, 0.5) is 23.2 Å². The molecule has 0 spiro atoms. The molecule has 32 heavy (non-hydrogen) atoms. The number of alkyl halides is 2. The highest BCUT2D eigenvalue weighted by Crippen LogP contribution is 2.41. The van der Waals surface area contributed by atoms with Crippen LogP contribution in [-0.4, -0.2) is 40.0 Å². The summed E-state index contributed by atoms with van der Waals surface area (Å²) in [7, 11) is 0. The number of rotatable bonds is 4. The summed E-state index contributed by atoms with van der Waals surface area (Å²) in [5, 5.41) is 12.3. The maximum atomic E-state index is 15.2. The summed E-state index contributed by atoms with van der Waals surface area (Å²) in [6.45, 7) is 1.50. The third kappa shape index (κ3) is 3.97. The molecule has 3 atom stereocenters. The second-order valence-electron chi connectivity index (χ2n) is 8.41. The molecule has 2 N–H and O–H groups in total. The molecule has 170 valence electrons. The summed E-state index contributed by atoms with van der Waals surface area (Å²) in [5.41, 5.74) is -0.934. The molecule has 2 amide bonds. The van der Waals surface area contributed by atoms with Gasteiger partial charge in [0.2, 0.25) is 0 Å². The van der Waals surface area contributed by atoms with Gasteiger partial charge in [-0.2, -0.15) is 8.78 Å². The fourth-order valence-electron chi connectivity index (χ4n) is 4.59. The van der Waals surface area contributed by atoms with Crippen molar-refractivity contribution in [3.63, 3.8) is 0 Å². The van der Waals surface area contributed by atoms with Gasteiger partial charge < -0.3 is 15.3 Å². The Bertz CT molecular complexity index is 1060. The number of carbonyl (C=O) groups excluding carboxylic acids is 2. The molecule has 9 heteroatoms. The molecule has 2 heterocycles. The van der Waals surface area contributed by atoms with Gasteiger partial charge in [-0.3, -0.25) is 9.59 Å². The van der Waals surface area contributed by atoms with Crippen molar-refractivity contribution in [2.24, 2.45) is 0 Å². The SMILES string of the molecule is Cc1cc(NC(=O)c2ccc(F)c(C(F)(F)C(=O)N3[C@@H]4CC[C@H]3CC(O)C4)c2)ccc1F. The number of amides is 2. The van der Waals surface area contributed by atoms with Gasteiger partial charge in [-0.15, -0.1) is 0 Å². The van der Waals surface area contributed by atoms with Crippen LogP contribution in [-0.2, 0) is 10.7 Å². The van der Waals surface area contributed by atoms with Crippen molar-refractivity contribution in [3.05, 3.63) is 64.7 Å². The number of hydrogen-bond donors (Lipinski definition) is 2. The molecule has 1 unspecified atom stereocenters. The summed E-state index contributed by atoms with van der Waals surface area (Å²) in [4.78, 5) is 26.4. The van der Waals surface area contributed by atoms with E-state index in [1.807, 2.05) is 0 Å². The van der Waals surface area contributed by atoms with E-state index >= 15 is 8.78 Å². The molecule has 0 saturated carbocycles. The number of aliphatic hydroxyl groups excluding tert-OH is 1. The summed E-state index contributed by atoms with van der Waals surface area (Å²) in [6.07, 6.45) is 0.779. The molecule has 5 nitrogen and oxygen atoms in total. The maximum absolute atomic E-state index is 15.2. The predicted molar refractivity (Wildman–Crippen MR) is 108 cm³/mol. The fourth-order valence-corrected chi connectivity index (χ4v) is 4.59. The topological polar surface area (TPSA) is 69.6 Å². The first kappa shape index (κ1) is 22.3. The molecule has 2 fully saturated rings. The van der Waals surface area contributed by atoms with Crippen LogP contribution in [0, 0.1) is 18.6 Å². The van der Waals surface area contributed by atoms with E-state index in [0.717, 1.165) is 23.1 Å². The van der Waals surface area contributed by atoms with Gasteiger partial charge in [0.1, 0.15) is 11.6 Å². The second-order valence-corrected chi connectivity index (χ2v) is 8.41. The number of nitrogens with one attached hydrogen (secondary N) is 1. The first-order valence-corrected chi connectivity index (χ1v) is 10.3. The summed E-state index contributed by atoms with van der Waals surface area (Å²) >= 11 is 0. The highest BCUT2D eigenvalue weighted by atomic mass is 19.3. The zero-order valence-corrected chi connectivity index (χ0v) is 17.2. The van der Waals surface area contributed by atoms with Gasteiger partial charge in [-0.1, -0.05) is 0 Å². The van der Waals surface area contributed by atoms with Crippen LogP contribution >= 0.6 is 0 Å². The van der Waals surface area contributed by atoms with E-state index in [4.69, 9.17) is 0 Å². The number of anilines is 1. The summed E-state index contributed by atoms with van der Waals surface area (Å²) in [5.74, 6) is -8.29. The Balaban J connectivity index is 1.59. The van der Waals surface area contributed by atoms with Crippen LogP contribution in [0.2, 0.25) is 0 Å². The molecular weight excluding hydrogens is 428 g/mol. The fraction of sp³-hybridized carbons (Fsp3) is 0.391. The van der Waals surface area contributed by atoms with Gasteiger partial charge in [0.15, 0.2) is 0 Å². The molecule has 0 aromatic heterocycles. The lowest BCUT2D eigenvalue weighted by atomic mass is 9.96. The van der Waals surface area contributed by atoms with Crippen molar-refractivity contribution in [2.75, 3.05) is 5.32 Å². The smallest absolute Gasteiger partial charge is 0.352 e. The van der Waals surface area contributed by atoms with Gasteiger partial charge in [-0.25, -0.2) is 8.78 Å². The lowest BCUT2D eigenvalue weighted by molar-refractivity contribution is -0.166. The number of aryl methyl sites for hydroxylation is 1. The van der Waals surface area contributed by atoms with Crippen molar-refractivity contribution in [3.8, 4) is 0 Å². The van der Waals surface area contributed by atoms with E-state index in [9.17, 15) is 23.5 Å². The Morgan fingerprint density at radius 1 is 1.03 bits per heavy atom.